The third-order valence-corrected chi connectivity index (χ3v) is 6.45. The van der Waals surface area contributed by atoms with E-state index in [0.29, 0.717) is 22.3 Å². The summed E-state index contributed by atoms with van der Waals surface area (Å²) < 4.78 is 43.9. The van der Waals surface area contributed by atoms with Crippen LogP contribution in [0.25, 0.3) is 5.13 Å². The predicted octanol–water partition coefficient (Wildman–Crippen LogP) is 3.89. The Balaban J connectivity index is 1.56. The van der Waals surface area contributed by atoms with Crippen LogP contribution in [0.5, 0.6) is 5.75 Å². The Bertz CT molecular complexity index is 1370. The molecule has 1 aliphatic carbocycles. The third-order valence-electron chi connectivity index (χ3n) is 5.49. The zero-order chi connectivity index (χ0) is 26.9. The number of ether oxygens (including phenoxy) is 1. The summed E-state index contributed by atoms with van der Waals surface area (Å²) in [6, 6.07) is 5.11. The van der Waals surface area contributed by atoms with Gasteiger partial charge in [0.15, 0.2) is 5.82 Å². The number of carbonyl (C=O) groups excluding carboxylic acids is 2. The summed E-state index contributed by atoms with van der Waals surface area (Å²) >= 11 is 1.04. The van der Waals surface area contributed by atoms with Gasteiger partial charge in [0.05, 0.1) is 18.3 Å². The average Bonchev–Trinajstić information content (AvgIpc) is 3.43. The molecule has 1 saturated carbocycles. The molecule has 0 saturated heterocycles. The monoisotopic (exact) mass is 533 g/mol. The van der Waals surface area contributed by atoms with Crippen LogP contribution >= 0.6 is 11.3 Å². The van der Waals surface area contributed by atoms with Gasteiger partial charge in [0, 0.05) is 12.6 Å². The number of amides is 2. The molecular formula is C23H22F3N7O3S. The van der Waals surface area contributed by atoms with E-state index in [9.17, 15) is 22.8 Å². The lowest BCUT2D eigenvalue weighted by atomic mass is 10.1. The number of benzene rings is 1. The Morgan fingerprint density at radius 1 is 1.35 bits per heavy atom. The van der Waals surface area contributed by atoms with E-state index in [4.69, 9.17) is 5.26 Å². The number of nitrogens with one attached hydrogen (secondary N) is 1. The largest absolute Gasteiger partial charge is 0.573 e. The Morgan fingerprint density at radius 3 is 2.73 bits per heavy atom. The Hall–Kier alpha value is -3.99. The second-order valence-electron chi connectivity index (χ2n) is 8.56. The smallest absolute Gasteiger partial charge is 0.406 e. The van der Waals surface area contributed by atoms with Crippen LogP contribution in [0.2, 0.25) is 0 Å². The van der Waals surface area contributed by atoms with Gasteiger partial charge in [-0.2, -0.15) is 9.94 Å². The second kappa shape index (κ2) is 10.2. The van der Waals surface area contributed by atoms with Crippen molar-refractivity contribution in [1.82, 2.24) is 30.0 Å². The SMILES string of the molecule is Cc1nc([C@H](C)NC(=O)c2cc(OC(F)(F)F)cc(C3CC3)c2)n(-c2ncc(C(=O)N(C)CC#N)s2)n1. The minimum atomic E-state index is -4.88. The van der Waals surface area contributed by atoms with Crippen LogP contribution in [0.3, 0.4) is 0 Å². The summed E-state index contributed by atoms with van der Waals surface area (Å²) in [4.78, 5) is 35.6. The molecule has 4 rings (SSSR count). The molecule has 0 radical (unpaired) electrons. The lowest BCUT2D eigenvalue weighted by Gasteiger charge is -2.16. The van der Waals surface area contributed by atoms with Crippen molar-refractivity contribution >= 4 is 23.2 Å². The number of nitriles is 1. The highest BCUT2D eigenvalue weighted by molar-refractivity contribution is 7.16. The molecule has 1 aliphatic rings. The molecule has 2 heterocycles. The van der Waals surface area contributed by atoms with Crippen molar-refractivity contribution in [1.29, 1.82) is 5.26 Å². The molecule has 2 aromatic heterocycles. The topological polar surface area (TPSA) is 126 Å². The van der Waals surface area contributed by atoms with E-state index in [0.717, 1.165) is 30.2 Å². The fourth-order valence-electron chi connectivity index (χ4n) is 3.62. The van der Waals surface area contributed by atoms with Crippen molar-refractivity contribution in [3.63, 3.8) is 0 Å². The molecule has 0 spiro atoms. The zero-order valence-corrected chi connectivity index (χ0v) is 20.9. The van der Waals surface area contributed by atoms with Crippen LogP contribution in [-0.4, -0.2) is 56.4 Å². The van der Waals surface area contributed by atoms with Crippen LogP contribution in [0.4, 0.5) is 13.2 Å². The van der Waals surface area contributed by atoms with E-state index >= 15 is 0 Å². The number of rotatable bonds is 8. The van der Waals surface area contributed by atoms with Gasteiger partial charge in [-0.3, -0.25) is 9.59 Å². The van der Waals surface area contributed by atoms with Gasteiger partial charge >= 0.3 is 6.36 Å². The average molecular weight is 534 g/mol. The van der Waals surface area contributed by atoms with E-state index in [-0.39, 0.29) is 28.8 Å². The molecule has 1 fully saturated rings. The molecule has 14 heteroatoms. The molecule has 37 heavy (non-hydrogen) atoms. The molecular weight excluding hydrogens is 511 g/mol. The number of hydrogen-bond donors (Lipinski definition) is 1. The van der Waals surface area contributed by atoms with E-state index in [1.807, 2.05) is 6.07 Å². The predicted molar refractivity (Wildman–Crippen MR) is 125 cm³/mol. The van der Waals surface area contributed by atoms with Gasteiger partial charge in [-0.15, -0.1) is 18.3 Å². The van der Waals surface area contributed by atoms with Gasteiger partial charge in [-0.25, -0.2) is 9.97 Å². The van der Waals surface area contributed by atoms with Crippen molar-refractivity contribution in [3.05, 3.63) is 52.0 Å². The fraction of sp³-hybridized carbons (Fsp3) is 0.391. The third kappa shape index (κ3) is 6.23. The van der Waals surface area contributed by atoms with Gasteiger partial charge in [0.2, 0.25) is 5.13 Å². The van der Waals surface area contributed by atoms with Crippen molar-refractivity contribution in [3.8, 4) is 17.0 Å². The number of aromatic nitrogens is 4. The minimum Gasteiger partial charge on any atom is -0.406 e. The van der Waals surface area contributed by atoms with E-state index in [1.54, 1.807) is 19.9 Å². The number of carbonyl (C=O) groups is 2. The Kier molecular flexibility index (Phi) is 7.17. The van der Waals surface area contributed by atoms with Crippen molar-refractivity contribution < 1.29 is 27.5 Å². The van der Waals surface area contributed by atoms with E-state index in [1.165, 1.54) is 28.9 Å². The Morgan fingerprint density at radius 2 is 2.08 bits per heavy atom. The molecule has 0 unspecified atom stereocenters. The summed E-state index contributed by atoms with van der Waals surface area (Å²) in [5, 5.41) is 16.2. The number of nitrogens with zero attached hydrogens (tertiary/aromatic N) is 6. The van der Waals surface area contributed by atoms with Crippen molar-refractivity contribution in [2.75, 3.05) is 13.6 Å². The molecule has 0 aliphatic heterocycles. The number of hydrogen-bond acceptors (Lipinski definition) is 8. The van der Waals surface area contributed by atoms with Crippen molar-refractivity contribution in [2.45, 2.75) is 45.0 Å². The molecule has 1 atom stereocenters. The van der Waals surface area contributed by atoms with Gasteiger partial charge in [0.25, 0.3) is 11.8 Å². The maximum Gasteiger partial charge on any atom is 0.573 e. The molecule has 10 nitrogen and oxygen atoms in total. The number of alkyl halides is 3. The highest BCUT2D eigenvalue weighted by atomic mass is 32.1. The second-order valence-corrected chi connectivity index (χ2v) is 9.57. The molecule has 2 amide bonds. The van der Waals surface area contributed by atoms with Gasteiger partial charge in [-0.05, 0) is 56.4 Å². The zero-order valence-electron chi connectivity index (χ0n) is 20.0. The lowest BCUT2D eigenvalue weighted by molar-refractivity contribution is -0.274. The maximum absolute atomic E-state index is 13.0. The van der Waals surface area contributed by atoms with Crippen LogP contribution in [0.15, 0.2) is 24.4 Å². The van der Waals surface area contributed by atoms with Gasteiger partial charge in [0.1, 0.15) is 23.0 Å². The first-order chi connectivity index (χ1) is 17.4. The lowest BCUT2D eigenvalue weighted by Crippen LogP contribution is -2.29. The molecule has 194 valence electrons. The van der Waals surface area contributed by atoms with Crippen LogP contribution in [0, 0.1) is 18.3 Å². The molecule has 1 N–H and O–H groups in total. The van der Waals surface area contributed by atoms with Crippen LogP contribution < -0.4 is 10.1 Å². The standard InChI is InChI=1S/C23H22F3N7O3S/c1-12(29-20(34)16-8-15(14-4-5-14)9-17(10-16)36-23(24,25)26)19-30-13(2)31-33(19)22-28-11-18(37-22)21(35)32(3)7-6-27/h8-12,14H,4-5,7H2,1-3H3,(H,29,34)/t12-/m0/s1. The minimum absolute atomic E-state index is 0.0287. The highest BCUT2D eigenvalue weighted by Gasteiger charge is 2.33. The highest BCUT2D eigenvalue weighted by Crippen LogP contribution is 2.42. The van der Waals surface area contributed by atoms with Crippen molar-refractivity contribution in [2.24, 2.45) is 0 Å². The molecule has 1 aromatic carbocycles. The summed E-state index contributed by atoms with van der Waals surface area (Å²) in [6.07, 6.45) is -1.85. The summed E-state index contributed by atoms with van der Waals surface area (Å²) in [7, 11) is 1.50. The van der Waals surface area contributed by atoms with Gasteiger partial charge < -0.3 is 15.0 Å². The van der Waals surface area contributed by atoms with Gasteiger partial charge in [-0.1, -0.05) is 11.3 Å². The molecule has 0 bridgehead atoms. The summed E-state index contributed by atoms with van der Waals surface area (Å²) in [6.45, 7) is 3.21. The summed E-state index contributed by atoms with van der Waals surface area (Å²) in [5.41, 5.74) is 0.640. The normalized spacial score (nSPS) is 14.1. The quantitative estimate of drug-likeness (QED) is 0.435. The van der Waals surface area contributed by atoms with E-state index in [2.05, 4.69) is 25.1 Å². The number of thiazole rings is 1. The fourth-order valence-corrected chi connectivity index (χ4v) is 4.49. The number of aryl methyl sites for hydroxylation is 1. The first-order valence-electron chi connectivity index (χ1n) is 11.2. The first-order valence-corrected chi connectivity index (χ1v) is 12.0. The van der Waals surface area contributed by atoms with Crippen LogP contribution in [-0.2, 0) is 0 Å². The summed E-state index contributed by atoms with van der Waals surface area (Å²) in [5.74, 6) is -0.637. The van der Waals surface area contributed by atoms with Crippen LogP contribution in [0.1, 0.15) is 69.0 Å². The first kappa shape index (κ1) is 26.1. The Labute approximate surface area is 213 Å². The van der Waals surface area contributed by atoms with E-state index < -0.39 is 24.1 Å². The number of halogens is 3. The molecule has 3 aromatic rings. The maximum atomic E-state index is 13.0.